The molecular formula is C15H21ClN6O3. The van der Waals surface area contributed by atoms with Crippen molar-refractivity contribution in [3.63, 3.8) is 0 Å². The quantitative estimate of drug-likeness (QED) is 0.367. The summed E-state index contributed by atoms with van der Waals surface area (Å²) in [4.78, 5) is 22.7. The van der Waals surface area contributed by atoms with Gasteiger partial charge in [-0.15, -0.1) is 12.4 Å². The second-order valence-corrected chi connectivity index (χ2v) is 5.16. The smallest absolute Gasteiger partial charge is 0.292 e. The van der Waals surface area contributed by atoms with Gasteiger partial charge in [-0.3, -0.25) is 19.6 Å². The van der Waals surface area contributed by atoms with E-state index in [1.807, 2.05) is 0 Å². The molecule has 2 rings (SSSR count). The van der Waals surface area contributed by atoms with E-state index < -0.39 is 11.0 Å². The molecule has 2 aromatic rings. The highest BCUT2D eigenvalue weighted by atomic mass is 35.5. The molecule has 0 aliphatic rings. The molecule has 0 saturated carbocycles. The fourth-order valence-corrected chi connectivity index (χ4v) is 2.31. The zero-order valence-corrected chi connectivity index (χ0v) is 14.7. The van der Waals surface area contributed by atoms with Crippen LogP contribution in [0.2, 0.25) is 0 Å². The van der Waals surface area contributed by atoms with Crippen molar-refractivity contribution in [1.82, 2.24) is 20.4 Å². The third kappa shape index (κ3) is 5.44. The standard InChI is InChI=1S/C15H20N6O3.ClH/c1-16-14(11-9-19-20(2)10-11)15(22)18-8-7-17-12-5-3-4-6-13(12)21(23)24;/h3-6,9-10,14,16-17H,7-8H2,1-2H3,(H,18,22);1H. The molecule has 3 N–H and O–H groups in total. The van der Waals surface area contributed by atoms with Crippen molar-refractivity contribution in [2.45, 2.75) is 6.04 Å². The second-order valence-electron chi connectivity index (χ2n) is 5.16. The molecule has 0 saturated heterocycles. The average molecular weight is 369 g/mol. The lowest BCUT2D eigenvalue weighted by atomic mass is 10.1. The lowest BCUT2D eigenvalue weighted by molar-refractivity contribution is -0.384. The van der Waals surface area contributed by atoms with Crippen LogP contribution in [0.4, 0.5) is 11.4 Å². The number of halogens is 1. The van der Waals surface area contributed by atoms with E-state index in [-0.39, 0.29) is 24.0 Å². The lowest BCUT2D eigenvalue weighted by Gasteiger charge is -2.15. The Balaban J connectivity index is 0.00000312. The summed E-state index contributed by atoms with van der Waals surface area (Å²) in [6, 6.07) is 5.89. The van der Waals surface area contributed by atoms with Crippen LogP contribution < -0.4 is 16.0 Å². The Labute approximate surface area is 151 Å². The number of likely N-dealkylation sites (N-methyl/N-ethyl adjacent to an activating group) is 1. The molecule has 10 heteroatoms. The maximum absolute atomic E-state index is 12.2. The predicted molar refractivity (Wildman–Crippen MR) is 96.9 cm³/mol. The van der Waals surface area contributed by atoms with E-state index in [9.17, 15) is 14.9 Å². The first-order chi connectivity index (χ1) is 11.5. The summed E-state index contributed by atoms with van der Waals surface area (Å²) >= 11 is 0. The molecule has 0 fully saturated rings. The van der Waals surface area contributed by atoms with E-state index in [1.165, 1.54) is 6.07 Å². The Morgan fingerprint density at radius 2 is 2.08 bits per heavy atom. The van der Waals surface area contributed by atoms with Crippen molar-refractivity contribution in [1.29, 1.82) is 0 Å². The molecule has 0 radical (unpaired) electrons. The number of benzene rings is 1. The molecule has 1 amide bonds. The molecule has 0 bridgehead atoms. The summed E-state index contributed by atoms with van der Waals surface area (Å²) in [5.74, 6) is -0.185. The van der Waals surface area contributed by atoms with E-state index in [2.05, 4.69) is 21.0 Å². The number of nitrogens with one attached hydrogen (secondary N) is 3. The molecule has 1 aromatic carbocycles. The third-order valence-electron chi connectivity index (χ3n) is 3.45. The largest absolute Gasteiger partial charge is 0.378 e. The van der Waals surface area contributed by atoms with Crippen LogP contribution in [0.3, 0.4) is 0 Å². The van der Waals surface area contributed by atoms with Crippen LogP contribution in [0.25, 0.3) is 0 Å². The third-order valence-corrected chi connectivity index (χ3v) is 3.45. The molecular weight excluding hydrogens is 348 g/mol. The van der Waals surface area contributed by atoms with Gasteiger partial charge in [0.25, 0.3) is 5.69 Å². The number of para-hydroxylation sites is 2. The summed E-state index contributed by atoms with van der Waals surface area (Å²) in [6.45, 7) is 0.712. The maximum Gasteiger partial charge on any atom is 0.292 e. The number of aryl methyl sites for hydroxylation is 1. The van der Waals surface area contributed by atoms with Gasteiger partial charge in [-0.2, -0.15) is 5.10 Å². The van der Waals surface area contributed by atoms with Crippen LogP contribution in [-0.2, 0) is 11.8 Å². The molecule has 1 aromatic heterocycles. The fraction of sp³-hybridized carbons (Fsp3) is 0.333. The van der Waals surface area contributed by atoms with Gasteiger partial charge in [0, 0.05) is 38.0 Å². The number of rotatable bonds is 8. The number of hydrogen-bond donors (Lipinski definition) is 3. The van der Waals surface area contributed by atoms with Crippen molar-refractivity contribution in [3.05, 3.63) is 52.3 Å². The highest BCUT2D eigenvalue weighted by Gasteiger charge is 2.19. The SMILES string of the molecule is CNC(C(=O)NCCNc1ccccc1[N+](=O)[O-])c1cnn(C)c1.Cl. The number of nitrogens with zero attached hydrogens (tertiary/aromatic N) is 3. The average Bonchev–Trinajstić information content (AvgIpc) is 2.98. The Bertz CT molecular complexity index is 721. The lowest BCUT2D eigenvalue weighted by Crippen LogP contribution is -2.38. The van der Waals surface area contributed by atoms with Gasteiger partial charge in [0.05, 0.1) is 11.1 Å². The van der Waals surface area contributed by atoms with E-state index >= 15 is 0 Å². The van der Waals surface area contributed by atoms with Gasteiger partial charge < -0.3 is 16.0 Å². The van der Waals surface area contributed by atoms with Crippen LogP contribution in [-0.4, -0.2) is 40.7 Å². The molecule has 1 unspecified atom stereocenters. The van der Waals surface area contributed by atoms with Gasteiger partial charge in [0.15, 0.2) is 0 Å². The predicted octanol–water partition coefficient (Wildman–Crippen LogP) is 1.24. The van der Waals surface area contributed by atoms with Gasteiger partial charge in [-0.05, 0) is 13.1 Å². The molecule has 1 heterocycles. The molecule has 0 spiro atoms. The van der Waals surface area contributed by atoms with E-state index in [1.54, 1.807) is 49.4 Å². The van der Waals surface area contributed by atoms with E-state index in [4.69, 9.17) is 0 Å². The number of hydrogen-bond acceptors (Lipinski definition) is 6. The summed E-state index contributed by atoms with van der Waals surface area (Å²) in [7, 11) is 3.48. The zero-order chi connectivity index (χ0) is 17.5. The topological polar surface area (TPSA) is 114 Å². The minimum Gasteiger partial charge on any atom is -0.378 e. The van der Waals surface area contributed by atoms with Crippen LogP contribution in [0, 0.1) is 10.1 Å². The second kappa shape index (κ2) is 9.60. The number of carbonyl (C=O) groups excluding carboxylic acids is 1. The minimum absolute atomic E-state index is 0. The van der Waals surface area contributed by atoms with Crippen LogP contribution in [0.5, 0.6) is 0 Å². The van der Waals surface area contributed by atoms with Crippen molar-refractivity contribution in [2.24, 2.45) is 7.05 Å². The molecule has 136 valence electrons. The van der Waals surface area contributed by atoms with Crippen molar-refractivity contribution >= 4 is 29.7 Å². The first-order valence-corrected chi connectivity index (χ1v) is 7.43. The Morgan fingerprint density at radius 1 is 1.36 bits per heavy atom. The molecule has 9 nitrogen and oxygen atoms in total. The molecule has 0 aliphatic carbocycles. The van der Waals surface area contributed by atoms with Crippen LogP contribution in [0.1, 0.15) is 11.6 Å². The van der Waals surface area contributed by atoms with Gasteiger partial charge >= 0.3 is 0 Å². The van der Waals surface area contributed by atoms with Gasteiger partial charge in [-0.1, -0.05) is 12.1 Å². The molecule has 0 aliphatic heterocycles. The van der Waals surface area contributed by atoms with Crippen LogP contribution >= 0.6 is 12.4 Å². The summed E-state index contributed by atoms with van der Waals surface area (Å²) < 4.78 is 1.63. The van der Waals surface area contributed by atoms with Crippen LogP contribution in [0.15, 0.2) is 36.7 Å². The Kier molecular flexibility index (Phi) is 7.83. The molecule has 25 heavy (non-hydrogen) atoms. The number of nitro benzene ring substituents is 1. The first kappa shape index (κ1) is 20.4. The zero-order valence-electron chi connectivity index (χ0n) is 13.9. The monoisotopic (exact) mass is 368 g/mol. The Hall–Kier alpha value is -2.65. The number of amides is 1. The summed E-state index contributed by atoms with van der Waals surface area (Å²) in [6.07, 6.45) is 3.40. The number of nitro groups is 1. The highest BCUT2D eigenvalue weighted by molar-refractivity contribution is 5.85. The Morgan fingerprint density at radius 3 is 2.68 bits per heavy atom. The summed E-state index contributed by atoms with van der Waals surface area (Å²) in [5.41, 5.74) is 1.20. The summed E-state index contributed by atoms with van der Waals surface area (Å²) in [5, 5.41) is 23.7. The van der Waals surface area contributed by atoms with E-state index in [0.717, 1.165) is 5.56 Å². The fourth-order valence-electron chi connectivity index (χ4n) is 2.31. The van der Waals surface area contributed by atoms with Crippen molar-refractivity contribution < 1.29 is 9.72 Å². The first-order valence-electron chi connectivity index (χ1n) is 7.43. The van der Waals surface area contributed by atoms with Gasteiger partial charge in [0.2, 0.25) is 5.91 Å². The normalized spacial score (nSPS) is 11.3. The van der Waals surface area contributed by atoms with Gasteiger partial charge in [-0.25, -0.2) is 0 Å². The number of aromatic nitrogens is 2. The highest BCUT2D eigenvalue weighted by Crippen LogP contribution is 2.22. The maximum atomic E-state index is 12.2. The minimum atomic E-state index is -0.496. The van der Waals surface area contributed by atoms with Crippen molar-refractivity contribution in [3.8, 4) is 0 Å². The van der Waals surface area contributed by atoms with Crippen molar-refractivity contribution in [2.75, 3.05) is 25.5 Å². The molecule has 1 atom stereocenters. The number of carbonyl (C=O) groups is 1. The van der Waals surface area contributed by atoms with Gasteiger partial charge in [0.1, 0.15) is 11.7 Å². The number of anilines is 1. The van der Waals surface area contributed by atoms with E-state index in [0.29, 0.717) is 18.8 Å².